The summed E-state index contributed by atoms with van der Waals surface area (Å²) >= 11 is 5.92. The van der Waals surface area contributed by atoms with Crippen LogP contribution in [0.15, 0.2) is 42.6 Å². The van der Waals surface area contributed by atoms with Crippen LogP contribution in [-0.4, -0.2) is 18.0 Å². The lowest BCUT2D eigenvalue weighted by Gasteiger charge is -2.09. The Morgan fingerprint density at radius 1 is 1.26 bits per heavy atom. The summed E-state index contributed by atoms with van der Waals surface area (Å²) in [7, 11) is 1.51. The maximum absolute atomic E-state index is 12.1. The Morgan fingerprint density at radius 2 is 2.00 bits per heavy atom. The van der Waals surface area contributed by atoms with Crippen LogP contribution in [0, 0.1) is 0 Å². The number of ether oxygens (including phenoxy) is 1. The van der Waals surface area contributed by atoms with E-state index in [1.54, 1.807) is 42.6 Å². The number of nitrogens with one attached hydrogen (secondary N) is 1. The first-order chi connectivity index (χ1) is 8.72. The highest BCUT2D eigenvalue weighted by Gasteiger charge is 2.13. The third-order valence-electron chi connectivity index (χ3n) is 2.34. The van der Waals surface area contributed by atoms with Crippen LogP contribution in [0.2, 0.25) is 5.02 Å². The predicted molar refractivity (Wildman–Crippen MR) is 77.4 cm³/mol. The van der Waals surface area contributed by atoms with Crippen LogP contribution in [0.3, 0.4) is 0 Å². The number of benzene rings is 1. The van der Waals surface area contributed by atoms with Crippen molar-refractivity contribution in [3.63, 3.8) is 0 Å². The van der Waals surface area contributed by atoms with Gasteiger partial charge in [-0.3, -0.25) is 4.79 Å². The van der Waals surface area contributed by atoms with Gasteiger partial charge in [-0.25, -0.2) is 4.98 Å². The molecule has 19 heavy (non-hydrogen) atoms. The van der Waals surface area contributed by atoms with E-state index in [0.29, 0.717) is 22.2 Å². The van der Waals surface area contributed by atoms with E-state index in [9.17, 15) is 4.79 Å². The number of carbonyl (C=O) groups excluding carboxylic acids is 1. The number of anilines is 1. The summed E-state index contributed by atoms with van der Waals surface area (Å²) in [6.07, 6.45) is 1.56. The molecular weight excluding hydrogens is 287 g/mol. The number of carbonyl (C=O) groups is 1. The minimum Gasteiger partial charge on any atom is -0.496 e. The first kappa shape index (κ1) is 15.3. The van der Waals surface area contributed by atoms with E-state index in [1.807, 2.05) is 0 Å². The third kappa shape index (κ3) is 3.59. The van der Waals surface area contributed by atoms with Gasteiger partial charge < -0.3 is 10.1 Å². The van der Waals surface area contributed by atoms with Gasteiger partial charge in [0.1, 0.15) is 5.75 Å². The van der Waals surface area contributed by atoms with Crippen LogP contribution in [0.5, 0.6) is 5.75 Å². The molecule has 0 aliphatic rings. The molecule has 2 rings (SSSR count). The van der Waals surface area contributed by atoms with Gasteiger partial charge in [0, 0.05) is 6.20 Å². The van der Waals surface area contributed by atoms with Crippen LogP contribution in [0.4, 0.5) is 5.82 Å². The molecule has 0 radical (unpaired) electrons. The van der Waals surface area contributed by atoms with Gasteiger partial charge in [-0.1, -0.05) is 23.7 Å². The molecule has 0 bridgehead atoms. The number of pyridine rings is 1. The first-order valence-electron chi connectivity index (χ1n) is 5.27. The summed E-state index contributed by atoms with van der Waals surface area (Å²) < 4.78 is 5.12. The molecule has 0 unspecified atom stereocenters. The lowest BCUT2D eigenvalue weighted by molar-refractivity contribution is 0.102. The largest absolute Gasteiger partial charge is 0.496 e. The van der Waals surface area contributed by atoms with Crippen molar-refractivity contribution in [2.45, 2.75) is 0 Å². The zero-order valence-corrected chi connectivity index (χ0v) is 11.7. The van der Waals surface area contributed by atoms with E-state index >= 15 is 0 Å². The number of para-hydroxylation sites is 1. The number of methoxy groups -OCH3 is 1. The molecule has 0 saturated heterocycles. The molecule has 1 heterocycles. The normalized spacial score (nSPS) is 9.37. The summed E-state index contributed by atoms with van der Waals surface area (Å²) in [5, 5.41) is 3.03. The minimum atomic E-state index is -0.312. The summed E-state index contributed by atoms with van der Waals surface area (Å²) in [4.78, 5) is 16.1. The molecule has 0 aliphatic heterocycles. The van der Waals surface area contributed by atoms with Gasteiger partial charge >= 0.3 is 0 Å². The van der Waals surface area contributed by atoms with E-state index in [2.05, 4.69) is 10.3 Å². The van der Waals surface area contributed by atoms with Gasteiger partial charge in [0.25, 0.3) is 5.91 Å². The molecule has 6 heteroatoms. The number of aromatic nitrogens is 1. The SMILES string of the molecule is COc1ccccc1C(=O)Nc1ncccc1Cl.Cl. The molecule has 4 nitrogen and oxygen atoms in total. The van der Waals surface area contributed by atoms with E-state index < -0.39 is 0 Å². The Morgan fingerprint density at radius 3 is 2.68 bits per heavy atom. The average molecular weight is 299 g/mol. The fraction of sp³-hybridized carbons (Fsp3) is 0.0769. The van der Waals surface area contributed by atoms with Crippen LogP contribution in [0.25, 0.3) is 0 Å². The molecule has 1 aromatic heterocycles. The molecule has 0 aliphatic carbocycles. The molecule has 100 valence electrons. The van der Waals surface area contributed by atoms with Crippen molar-refractivity contribution in [3.8, 4) is 5.75 Å². The second-order valence-corrected chi connectivity index (χ2v) is 3.90. The summed E-state index contributed by atoms with van der Waals surface area (Å²) in [5.74, 6) is 0.519. The number of halogens is 2. The maximum Gasteiger partial charge on any atom is 0.260 e. The Hall–Kier alpha value is -1.78. The number of nitrogens with zero attached hydrogens (tertiary/aromatic N) is 1. The number of hydrogen-bond donors (Lipinski definition) is 1. The quantitative estimate of drug-likeness (QED) is 0.944. The molecular formula is C13H12Cl2N2O2. The Balaban J connectivity index is 0.00000180. The third-order valence-corrected chi connectivity index (χ3v) is 2.65. The van der Waals surface area contributed by atoms with Crippen LogP contribution in [-0.2, 0) is 0 Å². The molecule has 2 aromatic rings. The Kier molecular flexibility index (Phi) is 5.60. The molecule has 0 fully saturated rings. The average Bonchev–Trinajstić information content (AvgIpc) is 2.41. The zero-order chi connectivity index (χ0) is 13.0. The second-order valence-electron chi connectivity index (χ2n) is 3.49. The van der Waals surface area contributed by atoms with E-state index in [4.69, 9.17) is 16.3 Å². The van der Waals surface area contributed by atoms with Gasteiger partial charge in [-0.15, -0.1) is 12.4 Å². The van der Waals surface area contributed by atoms with Gasteiger partial charge in [0.15, 0.2) is 5.82 Å². The smallest absolute Gasteiger partial charge is 0.260 e. The monoisotopic (exact) mass is 298 g/mol. The van der Waals surface area contributed by atoms with Gasteiger partial charge in [-0.2, -0.15) is 0 Å². The second kappa shape index (κ2) is 6.97. The lowest BCUT2D eigenvalue weighted by Crippen LogP contribution is -2.14. The fourth-order valence-electron chi connectivity index (χ4n) is 1.48. The Labute approximate surface area is 122 Å². The number of amides is 1. The lowest BCUT2D eigenvalue weighted by atomic mass is 10.2. The topological polar surface area (TPSA) is 51.2 Å². The van der Waals surface area contributed by atoms with Crippen molar-refractivity contribution >= 4 is 35.7 Å². The molecule has 1 amide bonds. The van der Waals surface area contributed by atoms with Crippen LogP contribution in [0.1, 0.15) is 10.4 Å². The first-order valence-corrected chi connectivity index (χ1v) is 5.65. The fourth-order valence-corrected chi connectivity index (χ4v) is 1.65. The van der Waals surface area contributed by atoms with Crippen LogP contribution >= 0.6 is 24.0 Å². The zero-order valence-electron chi connectivity index (χ0n) is 10.1. The maximum atomic E-state index is 12.1. The van der Waals surface area contributed by atoms with Crippen molar-refractivity contribution in [3.05, 3.63) is 53.2 Å². The molecule has 1 N–H and O–H groups in total. The molecule has 0 atom stereocenters. The Bertz CT molecular complexity index is 576. The summed E-state index contributed by atoms with van der Waals surface area (Å²) in [6, 6.07) is 10.3. The predicted octanol–water partition coefficient (Wildman–Crippen LogP) is 3.42. The molecule has 0 saturated carbocycles. The van der Waals surface area contributed by atoms with Crippen LogP contribution < -0.4 is 10.1 Å². The van der Waals surface area contributed by atoms with Gasteiger partial charge in [0.2, 0.25) is 0 Å². The van der Waals surface area contributed by atoms with Gasteiger partial charge in [0.05, 0.1) is 17.7 Å². The van der Waals surface area contributed by atoms with Crippen molar-refractivity contribution in [2.24, 2.45) is 0 Å². The van der Waals surface area contributed by atoms with Crippen molar-refractivity contribution in [1.29, 1.82) is 0 Å². The van der Waals surface area contributed by atoms with E-state index in [1.165, 1.54) is 7.11 Å². The van der Waals surface area contributed by atoms with Crippen molar-refractivity contribution < 1.29 is 9.53 Å². The summed E-state index contributed by atoms with van der Waals surface area (Å²) in [6.45, 7) is 0. The highest BCUT2D eigenvalue weighted by Crippen LogP contribution is 2.21. The number of rotatable bonds is 3. The molecule has 1 aromatic carbocycles. The van der Waals surface area contributed by atoms with Crippen molar-refractivity contribution in [1.82, 2.24) is 4.98 Å². The van der Waals surface area contributed by atoms with Gasteiger partial charge in [-0.05, 0) is 24.3 Å². The molecule has 0 spiro atoms. The van der Waals surface area contributed by atoms with E-state index in [-0.39, 0.29) is 18.3 Å². The summed E-state index contributed by atoms with van der Waals surface area (Å²) in [5.41, 5.74) is 0.432. The number of hydrogen-bond acceptors (Lipinski definition) is 3. The minimum absolute atomic E-state index is 0. The highest BCUT2D eigenvalue weighted by atomic mass is 35.5. The standard InChI is InChI=1S/C13H11ClN2O2.ClH/c1-18-11-7-3-2-5-9(11)13(17)16-12-10(14)6-4-8-15-12;/h2-8H,1H3,(H,15,16,17);1H. The highest BCUT2D eigenvalue weighted by molar-refractivity contribution is 6.33. The van der Waals surface area contributed by atoms with E-state index in [0.717, 1.165) is 0 Å². The van der Waals surface area contributed by atoms with Crippen molar-refractivity contribution in [2.75, 3.05) is 12.4 Å².